The molecule has 5 nitrogen and oxygen atoms in total. The SMILES string of the molecule is Cc1ccc(N2CC(C(=O)NCCCOC(C)c3ccccc3)CC2=O)c(F)c1. The Hall–Kier alpha value is -2.73. The van der Waals surface area contributed by atoms with Gasteiger partial charge in [0.25, 0.3) is 0 Å². The summed E-state index contributed by atoms with van der Waals surface area (Å²) in [5, 5.41) is 2.86. The van der Waals surface area contributed by atoms with Crippen LogP contribution in [0.2, 0.25) is 0 Å². The fourth-order valence-corrected chi connectivity index (χ4v) is 3.46. The predicted molar refractivity (Wildman–Crippen MR) is 110 cm³/mol. The summed E-state index contributed by atoms with van der Waals surface area (Å²) in [6, 6.07) is 14.7. The van der Waals surface area contributed by atoms with Crippen molar-refractivity contribution < 1.29 is 18.7 Å². The van der Waals surface area contributed by atoms with Crippen molar-refractivity contribution in [2.45, 2.75) is 32.8 Å². The molecule has 2 aromatic carbocycles. The van der Waals surface area contributed by atoms with Crippen molar-refractivity contribution in [1.29, 1.82) is 0 Å². The molecular formula is C23H27FN2O3. The van der Waals surface area contributed by atoms with Gasteiger partial charge in [0.15, 0.2) is 0 Å². The lowest BCUT2D eigenvalue weighted by molar-refractivity contribution is -0.126. The maximum Gasteiger partial charge on any atom is 0.227 e. The smallest absolute Gasteiger partial charge is 0.227 e. The highest BCUT2D eigenvalue weighted by molar-refractivity contribution is 6.00. The first-order valence-corrected chi connectivity index (χ1v) is 9.96. The summed E-state index contributed by atoms with van der Waals surface area (Å²) in [6.07, 6.45) is 0.776. The molecule has 2 unspecified atom stereocenters. The minimum Gasteiger partial charge on any atom is -0.374 e. The molecule has 29 heavy (non-hydrogen) atoms. The average molecular weight is 398 g/mol. The van der Waals surface area contributed by atoms with E-state index in [9.17, 15) is 14.0 Å². The number of nitrogens with one attached hydrogen (secondary N) is 1. The summed E-state index contributed by atoms with van der Waals surface area (Å²) >= 11 is 0. The number of rotatable bonds is 8. The Morgan fingerprint density at radius 1 is 1.28 bits per heavy atom. The molecule has 154 valence electrons. The van der Waals surface area contributed by atoms with Gasteiger partial charge in [-0.05, 0) is 43.5 Å². The van der Waals surface area contributed by atoms with Gasteiger partial charge in [-0.15, -0.1) is 0 Å². The summed E-state index contributed by atoms with van der Waals surface area (Å²) in [5.74, 6) is -1.31. The van der Waals surface area contributed by atoms with Crippen molar-refractivity contribution in [3.8, 4) is 0 Å². The fourth-order valence-electron chi connectivity index (χ4n) is 3.46. The van der Waals surface area contributed by atoms with Crippen LogP contribution in [-0.4, -0.2) is 31.5 Å². The van der Waals surface area contributed by atoms with E-state index in [2.05, 4.69) is 5.32 Å². The van der Waals surface area contributed by atoms with Crippen LogP contribution in [0.3, 0.4) is 0 Å². The lowest BCUT2D eigenvalue weighted by Crippen LogP contribution is -2.34. The van der Waals surface area contributed by atoms with Crippen LogP contribution >= 0.6 is 0 Å². The second-order valence-electron chi connectivity index (χ2n) is 7.43. The number of ether oxygens (including phenoxy) is 1. The van der Waals surface area contributed by atoms with Gasteiger partial charge in [-0.3, -0.25) is 9.59 Å². The summed E-state index contributed by atoms with van der Waals surface area (Å²) in [7, 11) is 0. The molecule has 0 bridgehead atoms. The first-order valence-electron chi connectivity index (χ1n) is 9.96. The Bertz CT molecular complexity index is 856. The zero-order valence-corrected chi connectivity index (χ0v) is 16.9. The molecule has 1 heterocycles. The van der Waals surface area contributed by atoms with E-state index in [1.807, 2.05) is 37.3 Å². The monoisotopic (exact) mass is 398 g/mol. The molecule has 0 spiro atoms. The topological polar surface area (TPSA) is 58.6 Å². The van der Waals surface area contributed by atoms with Crippen LogP contribution in [0.25, 0.3) is 0 Å². The number of hydrogen-bond donors (Lipinski definition) is 1. The molecule has 3 rings (SSSR count). The number of halogens is 1. The molecular weight excluding hydrogens is 371 g/mol. The Morgan fingerprint density at radius 3 is 2.76 bits per heavy atom. The largest absolute Gasteiger partial charge is 0.374 e. The van der Waals surface area contributed by atoms with Crippen LogP contribution in [0.15, 0.2) is 48.5 Å². The van der Waals surface area contributed by atoms with Crippen LogP contribution in [-0.2, 0) is 14.3 Å². The number of nitrogens with zero attached hydrogens (tertiary/aromatic N) is 1. The molecule has 0 saturated carbocycles. The summed E-state index contributed by atoms with van der Waals surface area (Å²) in [6.45, 7) is 4.99. The van der Waals surface area contributed by atoms with E-state index in [4.69, 9.17) is 4.74 Å². The van der Waals surface area contributed by atoms with Gasteiger partial charge in [0.2, 0.25) is 11.8 Å². The molecule has 1 fully saturated rings. The van der Waals surface area contributed by atoms with E-state index < -0.39 is 11.7 Å². The first-order chi connectivity index (χ1) is 14.0. The molecule has 1 aliphatic heterocycles. The van der Waals surface area contributed by atoms with Gasteiger partial charge in [-0.2, -0.15) is 0 Å². The number of amides is 2. The Labute approximate surface area is 170 Å². The van der Waals surface area contributed by atoms with Crippen molar-refractivity contribution >= 4 is 17.5 Å². The molecule has 2 atom stereocenters. The number of benzene rings is 2. The third kappa shape index (κ3) is 5.41. The normalized spacial score (nSPS) is 17.4. The summed E-state index contributed by atoms with van der Waals surface area (Å²) in [4.78, 5) is 26.0. The lowest BCUT2D eigenvalue weighted by atomic mass is 10.1. The van der Waals surface area contributed by atoms with Gasteiger partial charge in [0.1, 0.15) is 5.82 Å². The van der Waals surface area contributed by atoms with E-state index in [1.54, 1.807) is 19.1 Å². The number of carbonyl (C=O) groups excluding carboxylic acids is 2. The minimum absolute atomic E-state index is 0.00248. The molecule has 1 N–H and O–H groups in total. The van der Waals surface area contributed by atoms with Crippen LogP contribution in [0, 0.1) is 18.7 Å². The first kappa shape index (κ1) is 21.0. The highest BCUT2D eigenvalue weighted by Crippen LogP contribution is 2.28. The number of aryl methyl sites for hydroxylation is 1. The van der Waals surface area contributed by atoms with E-state index in [0.717, 1.165) is 11.1 Å². The fraction of sp³-hybridized carbons (Fsp3) is 0.391. The van der Waals surface area contributed by atoms with Crippen molar-refractivity contribution in [3.05, 3.63) is 65.5 Å². The van der Waals surface area contributed by atoms with Gasteiger partial charge >= 0.3 is 0 Å². The minimum atomic E-state index is -0.465. The maximum atomic E-state index is 14.2. The second-order valence-corrected chi connectivity index (χ2v) is 7.43. The highest BCUT2D eigenvalue weighted by Gasteiger charge is 2.36. The zero-order chi connectivity index (χ0) is 20.8. The number of hydrogen-bond acceptors (Lipinski definition) is 3. The molecule has 2 amide bonds. The Balaban J connectivity index is 1.41. The Morgan fingerprint density at radius 2 is 2.03 bits per heavy atom. The summed E-state index contributed by atoms with van der Waals surface area (Å²) in [5.41, 5.74) is 2.14. The third-order valence-electron chi connectivity index (χ3n) is 5.15. The van der Waals surface area contributed by atoms with Gasteiger partial charge < -0.3 is 15.0 Å². The second kappa shape index (κ2) is 9.65. The standard InChI is InChI=1S/C23H27FN2O3/c1-16-9-10-21(20(24)13-16)26-15-19(14-22(26)27)23(28)25-11-6-12-29-17(2)18-7-4-3-5-8-18/h3-5,7-10,13,17,19H,6,11-12,14-15H2,1-2H3,(H,25,28). The van der Waals surface area contributed by atoms with Crippen LogP contribution in [0.4, 0.5) is 10.1 Å². The highest BCUT2D eigenvalue weighted by atomic mass is 19.1. The number of anilines is 1. The van der Waals surface area contributed by atoms with Gasteiger partial charge in [0.05, 0.1) is 17.7 Å². The van der Waals surface area contributed by atoms with Crippen molar-refractivity contribution in [2.24, 2.45) is 5.92 Å². The van der Waals surface area contributed by atoms with Crippen molar-refractivity contribution in [1.82, 2.24) is 5.32 Å². The van der Waals surface area contributed by atoms with Gasteiger partial charge in [0, 0.05) is 26.1 Å². The quantitative estimate of drug-likeness (QED) is 0.689. The molecule has 1 aliphatic rings. The maximum absolute atomic E-state index is 14.2. The zero-order valence-electron chi connectivity index (χ0n) is 16.9. The van der Waals surface area contributed by atoms with Crippen LogP contribution in [0.5, 0.6) is 0 Å². The summed E-state index contributed by atoms with van der Waals surface area (Å²) < 4.78 is 20.0. The number of carbonyl (C=O) groups is 2. The van der Waals surface area contributed by atoms with Crippen LogP contribution in [0.1, 0.15) is 37.0 Å². The molecule has 1 saturated heterocycles. The average Bonchev–Trinajstić information content (AvgIpc) is 3.09. The molecule has 2 aromatic rings. The van der Waals surface area contributed by atoms with E-state index >= 15 is 0 Å². The van der Waals surface area contributed by atoms with Crippen LogP contribution < -0.4 is 10.2 Å². The molecule has 0 aromatic heterocycles. The Kier molecular flexibility index (Phi) is 6.99. The predicted octanol–water partition coefficient (Wildman–Crippen LogP) is 3.77. The van der Waals surface area contributed by atoms with Gasteiger partial charge in [-0.1, -0.05) is 36.4 Å². The van der Waals surface area contributed by atoms with E-state index in [0.29, 0.717) is 19.6 Å². The van der Waals surface area contributed by atoms with Crippen molar-refractivity contribution in [2.75, 3.05) is 24.6 Å². The lowest BCUT2D eigenvalue weighted by Gasteiger charge is -2.18. The molecule has 0 radical (unpaired) electrons. The van der Waals surface area contributed by atoms with E-state index in [-0.39, 0.29) is 36.6 Å². The van der Waals surface area contributed by atoms with Crippen molar-refractivity contribution in [3.63, 3.8) is 0 Å². The van der Waals surface area contributed by atoms with E-state index in [1.165, 1.54) is 11.0 Å². The third-order valence-corrected chi connectivity index (χ3v) is 5.15. The molecule has 0 aliphatic carbocycles. The molecule has 6 heteroatoms. The van der Waals surface area contributed by atoms with Gasteiger partial charge in [-0.25, -0.2) is 4.39 Å².